The fraction of sp³-hybridized carbons (Fsp3) is 0.692. The molecule has 0 fully saturated rings. The lowest BCUT2D eigenvalue weighted by Gasteiger charge is -2.30. The van der Waals surface area contributed by atoms with Crippen molar-refractivity contribution >= 4 is 8.32 Å². The molecular formula is C13H24OSi. The van der Waals surface area contributed by atoms with Crippen molar-refractivity contribution in [2.45, 2.75) is 59.2 Å². The normalized spacial score (nSPS) is 17.0. The zero-order valence-electron chi connectivity index (χ0n) is 10.8. The quantitative estimate of drug-likeness (QED) is 0.619. The molecule has 0 atom stereocenters. The van der Waals surface area contributed by atoms with Crippen LogP contribution in [0, 0.1) is 0 Å². The van der Waals surface area contributed by atoms with Crippen molar-refractivity contribution in [3.8, 4) is 0 Å². The molecule has 0 N–H and O–H groups in total. The summed E-state index contributed by atoms with van der Waals surface area (Å²) in [6.45, 7) is 11.2. The van der Waals surface area contributed by atoms with Crippen LogP contribution in [0.2, 0.25) is 18.1 Å². The van der Waals surface area contributed by atoms with E-state index in [1.54, 1.807) is 0 Å². The first-order valence-electron chi connectivity index (χ1n) is 6.14. The molecule has 15 heavy (non-hydrogen) atoms. The molecule has 0 aromatic heterocycles. The predicted molar refractivity (Wildman–Crippen MR) is 69.4 cm³/mol. The number of hydrogen-bond donors (Lipinski definition) is 0. The summed E-state index contributed by atoms with van der Waals surface area (Å²) in [5.74, 6) is 1.25. The van der Waals surface area contributed by atoms with Crippen molar-refractivity contribution in [3.05, 3.63) is 23.0 Å². The van der Waals surface area contributed by atoms with Crippen LogP contribution in [0.3, 0.4) is 0 Å². The van der Waals surface area contributed by atoms with E-state index < -0.39 is 8.32 Å². The van der Waals surface area contributed by atoms with Crippen LogP contribution in [0.5, 0.6) is 0 Å². The van der Waals surface area contributed by atoms with Gasteiger partial charge in [-0.25, -0.2) is 0 Å². The minimum atomic E-state index is -1.45. The molecule has 0 heterocycles. The molecule has 0 bridgehead atoms. The van der Waals surface area contributed by atoms with Crippen LogP contribution < -0.4 is 0 Å². The van der Waals surface area contributed by atoms with Gasteiger partial charge >= 0.3 is 0 Å². The van der Waals surface area contributed by atoms with Gasteiger partial charge in [-0.2, -0.15) is 0 Å². The maximum Gasteiger partial charge on any atom is 0.250 e. The Morgan fingerprint density at radius 1 is 1.13 bits per heavy atom. The highest BCUT2D eigenvalue weighted by Gasteiger charge is 2.32. The van der Waals surface area contributed by atoms with Crippen molar-refractivity contribution in [3.63, 3.8) is 0 Å². The van der Waals surface area contributed by atoms with Crippen molar-refractivity contribution < 1.29 is 4.43 Å². The summed E-state index contributed by atoms with van der Waals surface area (Å²) in [5.41, 5.74) is 2.78. The Kier molecular flexibility index (Phi) is 4.20. The van der Waals surface area contributed by atoms with Gasteiger partial charge in [0.25, 0.3) is 0 Å². The van der Waals surface area contributed by atoms with Gasteiger partial charge in [0.05, 0.1) is 5.76 Å². The molecular weight excluding hydrogens is 200 g/mol. The first kappa shape index (κ1) is 12.6. The minimum Gasteiger partial charge on any atom is -0.546 e. The highest BCUT2D eigenvalue weighted by Crippen LogP contribution is 2.32. The first-order chi connectivity index (χ1) is 7.08. The second kappa shape index (κ2) is 5.02. The Morgan fingerprint density at radius 3 is 2.00 bits per heavy atom. The summed E-state index contributed by atoms with van der Waals surface area (Å²) in [6.07, 6.45) is 3.30. The summed E-state index contributed by atoms with van der Waals surface area (Å²) < 4.78 is 6.40. The molecule has 1 aliphatic rings. The topological polar surface area (TPSA) is 9.23 Å². The lowest BCUT2D eigenvalue weighted by molar-refractivity contribution is 0.394. The van der Waals surface area contributed by atoms with Crippen LogP contribution >= 0.6 is 0 Å². The average molecular weight is 224 g/mol. The molecule has 0 unspecified atom stereocenters. The lowest BCUT2D eigenvalue weighted by Crippen LogP contribution is -2.35. The molecule has 1 aliphatic carbocycles. The fourth-order valence-electron chi connectivity index (χ4n) is 2.12. The van der Waals surface area contributed by atoms with Crippen LogP contribution in [0.25, 0.3) is 0 Å². The van der Waals surface area contributed by atoms with Gasteiger partial charge in [0.1, 0.15) is 0 Å². The molecule has 0 spiro atoms. The van der Waals surface area contributed by atoms with E-state index >= 15 is 0 Å². The van der Waals surface area contributed by atoms with E-state index in [0.717, 1.165) is 6.42 Å². The van der Waals surface area contributed by atoms with Gasteiger partial charge in [-0.1, -0.05) is 26.8 Å². The maximum absolute atomic E-state index is 6.40. The molecule has 0 aromatic rings. The van der Waals surface area contributed by atoms with Gasteiger partial charge in [-0.15, -0.1) is 0 Å². The van der Waals surface area contributed by atoms with E-state index in [1.165, 1.54) is 35.0 Å². The average Bonchev–Trinajstić information content (AvgIpc) is 2.57. The van der Waals surface area contributed by atoms with Gasteiger partial charge in [-0.3, -0.25) is 0 Å². The molecule has 2 heteroatoms. The Bertz CT molecular complexity index is 277. The van der Waals surface area contributed by atoms with E-state index in [0.29, 0.717) is 0 Å². The molecule has 1 rings (SSSR count). The summed E-state index contributed by atoms with van der Waals surface area (Å²) in [7, 11) is -1.45. The van der Waals surface area contributed by atoms with Gasteiger partial charge in [0.2, 0.25) is 8.32 Å². The molecule has 86 valence electrons. The minimum absolute atomic E-state index is 1.02. The van der Waals surface area contributed by atoms with Gasteiger partial charge < -0.3 is 4.43 Å². The third kappa shape index (κ3) is 2.54. The SMILES string of the molecule is CC[Si](CC)(CC)OC1=C(C)C(C)=CC1. The number of rotatable bonds is 5. The smallest absolute Gasteiger partial charge is 0.250 e. The second-order valence-corrected chi connectivity index (χ2v) is 9.18. The Labute approximate surface area is 95.4 Å². The van der Waals surface area contributed by atoms with Crippen LogP contribution in [0.15, 0.2) is 23.0 Å². The highest BCUT2D eigenvalue weighted by atomic mass is 28.4. The molecule has 0 aromatic carbocycles. The van der Waals surface area contributed by atoms with Crippen molar-refractivity contribution in [2.24, 2.45) is 0 Å². The van der Waals surface area contributed by atoms with E-state index in [2.05, 4.69) is 40.7 Å². The third-order valence-corrected chi connectivity index (χ3v) is 8.42. The standard InChI is InChI=1S/C13H24OSi/c1-6-15(7-2,8-3)14-13-10-9-11(4)12(13)5/h9H,6-8,10H2,1-5H3. The van der Waals surface area contributed by atoms with Crippen molar-refractivity contribution in [1.82, 2.24) is 0 Å². The van der Waals surface area contributed by atoms with Gasteiger partial charge in [0.15, 0.2) is 0 Å². The largest absolute Gasteiger partial charge is 0.546 e. The molecule has 0 saturated heterocycles. The first-order valence-corrected chi connectivity index (χ1v) is 8.67. The fourth-order valence-corrected chi connectivity index (χ4v) is 4.81. The molecule has 0 amide bonds. The Balaban J connectivity index is 2.77. The van der Waals surface area contributed by atoms with Gasteiger partial charge in [-0.05, 0) is 43.1 Å². The van der Waals surface area contributed by atoms with Crippen LogP contribution in [-0.4, -0.2) is 8.32 Å². The molecule has 0 aliphatic heterocycles. The summed E-state index contributed by atoms with van der Waals surface area (Å²) >= 11 is 0. The maximum atomic E-state index is 6.40. The monoisotopic (exact) mass is 224 g/mol. The zero-order chi connectivity index (χ0) is 11.5. The van der Waals surface area contributed by atoms with Crippen LogP contribution in [-0.2, 0) is 4.43 Å². The van der Waals surface area contributed by atoms with Crippen molar-refractivity contribution in [2.75, 3.05) is 0 Å². The molecule has 0 radical (unpaired) electrons. The lowest BCUT2D eigenvalue weighted by atomic mass is 10.2. The van der Waals surface area contributed by atoms with E-state index in [4.69, 9.17) is 4.43 Å². The predicted octanol–water partition coefficient (Wildman–Crippen LogP) is 4.63. The zero-order valence-corrected chi connectivity index (χ0v) is 11.8. The number of hydrogen-bond acceptors (Lipinski definition) is 1. The molecule has 0 saturated carbocycles. The summed E-state index contributed by atoms with van der Waals surface area (Å²) in [4.78, 5) is 0. The van der Waals surface area contributed by atoms with Crippen LogP contribution in [0.1, 0.15) is 41.0 Å². The Morgan fingerprint density at radius 2 is 1.67 bits per heavy atom. The van der Waals surface area contributed by atoms with Crippen LogP contribution in [0.4, 0.5) is 0 Å². The highest BCUT2D eigenvalue weighted by molar-refractivity contribution is 6.73. The Hall–Kier alpha value is -0.503. The summed E-state index contributed by atoms with van der Waals surface area (Å²) in [5, 5.41) is 0. The van der Waals surface area contributed by atoms with E-state index in [9.17, 15) is 0 Å². The van der Waals surface area contributed by atoms with Crippen molar-refractivity contribution in [1.29, 1.82) is 0 Å². The second-order valence-electron chi connectivity index (χ2n) is 4.49. The summed E-state index contributed by atoms with van der Waals surface area (Å²) in [6, 6.07) is 3.70. The number of allylic oxidation sites excluding steroid dienone is 3. The van der Waals surface area contributed by atoms with E-state index in [-0.39, 0.29) is 0 Å². The molecule has 1 nitrogen and oxygen atoms in total. The third-order valence-electron chi connectivity index (χ3n) is 3.88. The van der Waals surface area contributed by atoms with Gasteiger partial charge in [0, 0.05) is 6.42 Å². The van der Waals surface area contributed by atoms with E-state index in [1.807, 2.05) is 0 Å².